The number of nitrogens with one attached hydrogen (secondary N) is 1. The molecular weight excluding hydrogens is 238 g/mol. The van der Waals surface area contributed by atoms with Gasteiger partial charge in [0.05, 0.1) is 18.8 Å². The molecule has 106 valence electrons. The lowest BCUT2D eigenvalue weighted by Crippen LogP contribution is -2.26. The minimum atomic E-state index is 0.192. The van der Waals surface area contributed by atoms with Gasteiger partial charge in [0.25, 0.3) is 0 Å². The average molecular weight is 263 g/mol. The van der Waals surface area contributed by atoms with Crippen molar-refractivity contribution >= 4 is 0 Å². The summed E-state index contributed by atoms with van der Waals surface area (Å²) >= 11 is 0. The summed E-state index contributed by atoms with van der Waals surface area (Å²) in [4.78, 5) is 0. The van der Waals surface area contributed by atoms with Crippen LogP contribution in [0.5, 0.6) is 5.75 Å². The second-order valence-electron chi connectivity index (χ2n) is 5.61. The van der Waals surface area contributed by atoms with Gasteiger partial charge in [0.2, 0.25) is 0 Å². The molecule has 0 amide bonds. The number of hydrogen-bond donors (Lipinski definition) is 1. The van der Waals surface area contributed by atoms with Crippen molar-refractivity contribution in [3.05, 3.63) is 29.8 Å². The Labute approximate surface area is 116 Å². The van der Waals surface area contributed by atoms with E-state index in [0.717, 1.165) is 18.8 Å². The Morgan fingerprint density at radius 3 is 2.63 bits per heavy atom. The number of hydrogen-bond acceptors (Lipinski definition) is 3. The molecule has 2 rings (SSSR count). The molecule has 1 aromatic rings. The van der Waals surface area contributed by atoms with Crippen molar-refractivity contribution in [2.24, 2.45) is 5.92 Å². The maximum absolute atomic E-state index is 5.93. The quantitative estimate of drug-likeness (QED) is 0.885. The van der Waals surface area contributed by atoms with Crippen LogP contribution in [0.25, 0.3) is 0 Å². The van der Waals surface area contributed by atoms with Gasteiger partial charge in [0.15, 0.2) is 0 Å². The standard InChI is InChI=1S/C16H25NO2/c1-11(2)19-15-8-6-5-7-14(15)16(17-4)13-9-12(3)18-10-13/h5-8,11-13,16-17H,9-10H2,1-4H3. The van der Waals surface area contributed by atoms with Gasteiger partial charge in [-0.25, -0.2) is 0 Å². The monoisotopic (exact) mass is 263 g/mol. The number of ether oxygens (including phenoxy) is 2. The molecule has 1 N–H and O–H groups in total. The highest BCUT2D eigenvalue weighted by Gasteiger charge is 2.31. The van der Waals surface area contributed by atoms with Crippen LogP contribution in [0.1, 0.15) is 38.8 Å². The lowest BCUT2D eigenvalue weighted by atomic mass is 9.90. The molecule has 1 saturated heterocycles. The Hall–Kier alpha value is -1.06. The molecule has 3 atom stereocenters. The van der Waals surface area contributed by atoms with E-state index in [9.17, 15) is 0 Å². The molecule has 3 heteroatoms. The Morgan fingerprint density at radius 2 is 2.05 bits per heavy atom. The zero-order chi connectivity index (χ0) is 13.8. The van der Waals surface area contributed by atoms with Crippen LogP contribution in [-0.2, 0) is 4.74 Å². The van der Waals surface area contributed by atoms with Gasteiger partial charge in [-0.05, 0) is 40.3 Å². The third kappa shape index (κ3) is 3.48. The first-order valence-corrected chi connectivity index (χ1v) is 7.16. The van der Waals surface area contributed by atoms with Gasteiger partial charge in [-0.2, -0.15) is 0 Å². The van der Waals surface area contributed by atoms with Crippen molar-refractivity contribution in [2.75, 3.05) is 13.7 Å². The van der Waals surface area contributed by atoms with Crippen molar-refractivity contribution in [1.82, 2.24) is 5.32 Å². The van der Waals surface area contributed by atoms with E-state index in [0.29, 0.717) is 18.1 Å². The van der Waals surface area contributed by atoms with E-state index in [1.54, 1.807) is 0 Å². The smallest absolute Gasteiger partial charge is 0.124 e. The van der Waals surface area contributed by atoms with Gasteiger partial charge in [0, 0.05) is 17.5 Å². The molecule has 1 aromatic carbocycles. The Bertz CT molecular complexity index is 405. The van der Waals surface area contributed by atoms with Gasteiger partial charge in [-0.1, -0.05) is 18.2 Å². The van der Waals surface area contributed by atoms with E-state index in [2.05, 4.69) is 44.3 Å². The maximum Gasteiger partial charge on any atom is 0.124 e. The normalized spacial score (nSPS) is 24.7. The fourth-order valence-electron chi connectivity index (χ4n) is 2.83. The fourth-order valence-corrected chi connectivity index (χ4v) is 2.83. The van der Waals surface area contributed by atoms with Crippen LogP contribution in [0.15, 0.2) is 24.3 Å². The van der Waals surface area contributed by atoms with E-state index in [1.807, 2.05) is 13.1 Å². The lowest BCUT2D eigenvalue weighted by Gasteiger charge is -2.25. The molecule has 0 radical (unpaired) electrons. The predicted molar refractivity (Wildman–Crippen MR) is 77.5 cm³/mol. The maximum atomic E-state index is 5.93. The number of rotatable bonds is 5. The molecule has 1 aliphatic heterocycles. The topological polar surface area (TPSA) is 30.5 Å². The van der Waals surface area contributed by atoms with E-state index in [4.69, 9.17) is 9.47 Å². The average Bonchev–Trinajstić information content (AvgIpc) is 2.78. The van der Waals surface area contributed by atoms with Crippen LogP contribution >= 0.6 is 0 Å². The molecule has 0 spiro atoms. The molecule has 3 unspecified atom stereocenters. The summed E-state index contributed by atoms with van der Waals surface area (Å²) in [6, 6.07) is 8.61. The molecule has 1 fully saturated rings. The van der Waals surface area contributed by atoms with Crippen LogP contribution in [0, 0.1) is 5.92 Å². The van der Waals surface area contributed by atoms with Crippen LogP contribution in [0.3, 0.4) is 0 Å². The van der Waals surface area contributed by atoms with Gasteiger partial charge in [-0.15, -0.1) is 0 Å². The molecule has 3 nitrogen and oxygen atoms in total. The first kappa shape index (κ1) is 14.4. The minimum absolute atomic E-state index is 0.192. The molecule has 0 aliphatic carbocycles. The second kappa shape index (κ2) is 6.40. The van der Waals surface area contributed by atoms with Crippen molar-refractivity contribution in [1.29, 1.82) is 0 Å². The number of para-hydroxylation sites is 1. The second-order valence-corrected chi connectivity index (χ2v) is 5.61. The SMILES string of the molecule is CNC(c1ccccc1OC(C)C)C1COC(C)C1. The Kier molecular flexibility index (Phi) is 4.83. The highest BCUT2D eigenvalue weighted by molar-refractivity contribution is 5.36. The fraction of sp³-hybridized carbons (Fsp3) is 0.625. The van der Waals surface area contributed by atoms with Crippen LogP contribution in [0.4, 0.5) is 0 Å². The van der Waals surface area contributed by atoms with Gasteiger partial charge < -0.3 is 14.8 Å². The largest absolute Gasteiger partial charge is 0.491 e. The molecule has 0 saturated carbocycles. The first-order chi connectivity index (χ1) is 9.11. The van der Waals surface area contributed by atoms with Gasteiger partial charge in [0.1, 0.15) is 5.75 Å². The summed E-state index contributed by atoms with van der Waals surface area (Å²) < 4.78 is 11.6. The van der Waals surface area contributed by atoms with Crippen molar-refractivity contribution < 1.29 is 9.47 Å². The number of benzene rings is 1. The summed E-state index contributed by atoms with van der Waals surface area (Å²) in [6.45, 7) is 7.09. The summed E-state index contributed by atoms with van der Waals surface area (Å²) in [5.74, 6) is 1.49. The zero-order valence-electron chi connectivity index (χ0n) is 12.3. The molecule has 0 bridgehead atoms. The summed E-state index contributed by atoms with van der Waals surface area (Å²) in [5, 5.41) is 3.43. The zero-order valence-corrected chi connectivity index (χ0v) is 12.3. The van der Waals surface area contributed by atoms with E-state index in [-0.39, 0.29) is 6.10 Å². The summed E-state index contributed by atoms with van der Waals surface area (Å²) in [5.41, 5.74) is 1.24. The molecule has 1 heterocycles. The molecular formula is C16H25NO2. The highest BCUT2D eigenvalue weighted by atomic mass is 16.5. The Morgan fingerprint density at radius 1 is 1.32 bits per heavy atom. The van der Waals surface area contributed by atoms with Crippen molar-refractivity contribution in [3.63, 3.8) is 0 Å². The van der Waals surface area contributed by atoms with Crippen molar-refractivity contribution in [2.45, 2.75) is 45.4 Å². The first-order valence-electron chi connectivity index (χ1n) is 7.16. The lowest BCUT2D eigenvalue weighted by molar-refractivity contribution is 0.117. The summed E-state index contributed by atoms with van der Waals surface area (Å²) in [7, 11) is 2.01. The molecule has 19 heavy (non-hydrogen) atoms. The van der Waals surface area contributed by atoms with Crippen LogP contribution in [-0.4, -0.2) is 25.9 Å². The van der Waals surface area contributed by atoms with Gasteiger partial charge in [-0.3, -0.25) is 0 Å². The van der Waals surface area contributed by atoms with Gasteiger partial charge >= 0.3 is 0 Å². The minimum Gasteiger partial charge on any atom is -0.491 e. The van der Waals surface area contributed by atoms with Crippen molar-refractivity contribution in [3.8, 4) is 5.75 Å². The summed E-state index contributed by atoms with van der Waals surface area (Å²) in [6.07, 6.45) is 1.65. The highest BCUT2D eigenvalue weighted by Crippen LogP contribution is 2.35. The third-order valence-electron chi connectivity index (χ3n) is 3.63. The van der Waals surface area contributed by atoms with E-state index < -0.39 is 0 Å². The predicted octanol–water partition coefficient (Wildman–Crippen LogP) is 3.16. The van der Waals surface area contributed by atoms with Crippen LogP contribution < -0.4 is 10.1 Å². The van der Waals surface area contributed by atoms with Crippen LogP contribution in [0.2, 0.25) is 0 Å². The molecule has 0 aromatic heterocycles. The Balaban J connectivity index is 2.22. The third-order valence-corrected chi connectivity index (χ3v) is 3.63. The molecule has 1 aliphatic rings. The van der Waals surface area contributed by atoms with E-state index in [1.165, 1.54) is 5.56 Å². The van der Waals surface area contributed by atoms with E-state index >= 15 is 0 Å².